The normalized spacial score (nSPS) is 13.0. The van der Waals surface area contributed by atoms with Crippen molar-refractivity contribution in [2.24, 2.45) is 0 Å². The molecule has 0 bridgehead atoms. The van der Waals surface area contributed by atoms with E-state index in [2.05, 4.69) is 12.1 Å². The minimum absolute atomic E-state index is 0.0185. The third kappa shape index (κ3) is 2.87. The summed E-state index contributed by atoms with van der Waals surface area (Å²) in [6.45, 7) is 2.78. The Hall–Kier alpha value is -2.69. The van der Waals surface area contributed by atoms with Crippen molar-refractivity contribution >= 4 is 16.7 Å². The number of esters is 1. The molecule has 1 N–H and O–H groups in total. The molecule has 0 fully saturated rings. The van der Waals surface area contributed by atoms with Crippen LogP contribution in [0.1, 0.15) is 29.2 Å². The van der Waals surface area contributed by atoms with Crippen LogP contribution in [-0.4, -0.2) is 11.1 Å². The van der Waals surface area contributed by atoms with E-state index < -0.39 is 0 Å². The molecule has 1 aliphatic heterocycles. The van der Waals surface area contributed by atoms with E-state index >= 15 is 0 Å². The maximum absolute atomic E-state index is 11.2. The van der Waals surface area contributed by atoms with E-state index in [-0.39, 0.29) is 19.2 Å². The van der Waals surface area contributed by atoms with Gasteiger partial charge in [0, 0.05) is 6.92 Å². The Labute approximate surface area is 152 Å². The predicted octanol–water partition coefficient (Wildman–Crippen LogP) is 4.09. The summed E-state index contributed by atoms with van der Waals surface area (Å²) in [5, 5.41) is 12.0. The topological polar surface area (TPSA) is 55.8 Å². The maximum atomic E-state index is 11.2. The summed E-state index contributed by atoms with van der Waals surface area (Å²) in [6.07, 6.45) is 0. The van der Waals surface area contributed by atoms with E-state index in [1.54, 1.807) is 0 Å². The van der Waals surface area contributed by atoms with Crippen LogP contribution in [0, 0.1) is 0 Å². The first-order valence-corrected chi connectivity index (χ1v) is 8.65. The fraction of sp³-hybridized carbons (Fsp3) is 0.227. The largest absolute Gasteiger partial charge is 0.461 e. The van der Waals surface area contributed by atoms with Crippen molar-refractivity contribution in [1.29, 1.82) is 0 Å². The van der Waals surface area contributed by atoms with Gasteiger partial charge < -0.3 is 14.6 Å². The molecule has 132 valence electrons. The number of aliphatic hydroxyl groups excluding tert-OH is 1. The Bertz CT molecular complexity index is 991. The Morgan fingerprint density at radius 3 is 2.69 bits per heavy atom. The highest BCUT2D eigenvalue weighted by atomic mass is 16.5. The van der Waals surface area contributed by atoms with Gasteiger partial charge in [-0.15, -0.1) is 0 Å². The molecule has 0 spiro atoms. The molecule has 0 unspecified atom stereocenters. The number of fused-ring (bicyclic) bond motifs is 2. The van der Waals surface area contributed by atoms with Gasteiger partial charge in [-0.1, -0.05) is 42.5 Å². The zero-order valence-electron chi connectivity index (χ0n) is 14.6. The van der Waals surface area contributed by atoms with Crippen LogP contribution in [0.5, 0.6) is 0 Å². The molecule has 0 atom stereocenters. The third-order valence-corrected chi connectivity index (χ3v) is 4.87. The van der Waals surface area contributed by atoms with Crippen LogP contribution in [0.3, 0.4) is 0 Å². The van der Waals surface area contributed by atoms with Gasteiger partial charge in [0.1, 0.15) is 6.61 Å². The summed E-state index contributed by atoms with van der Waals surface area (Å²) >= 11 is 0. The monoisotopic (exact) mass is 348 g/mol. The summed E-state index contributed by atoms with van der Waals surface area (Å²) in [5.74, 6) is -0.294. The fourth-order valence-electron chi connectivity index (χ4n) is 3.66. The second-order valence-electron chi connectivity index (χ2n) is 6.49. The average molecular weight is 348 g/mol. The zero-order valence-corrected chi connectivity index (χ0v) is 14.6. The lowest BCUT2D eigenvalue weighted by atomic mass is 9.87. The quantitative estimate of drug-likeness (QED) is 0.722. The number of hydrogen-bond donors (Lipinski definition) is 1. The van der Waals surface area contributed by atoms with Gasteiger partial charge in [0.2, 0.25) is 0 Å². The summed E-state index contributed by atoms with van der Waals surface area (Å²) < 4.78 is 10.9. The van der Waals surface area contributed by atoms with E-state index in [1.165, 1.54) is 12.5 Å². The first-order chi connectivity index (χ1) is 12.7. The number of rotatable bonds is 4. The molecule has 0 saturated carbocycles. The molecule has 3 aromatic rings. The van der Waals surface area contributed by atoms with Crippen LogP contribution in [0.4, 0.5) is 0 Å². The number of ether oxygens (including phenoxy) is 2. The van der Waals surface area contributed by atoms with Crippen molar-refractivity contribution in [1.82, 2.24) is 0 Å². The van der Waals surface area contributed by atoms with Gasteiger partial charge in [-0.05, 0) is 50.2 Å². The second kappa shape index (κ2) is 6.90. The van der Waals surface area contributed by atoms with Gasteiger partial charge >= 0.3 is 5.97 Å². The predicted molar refractivity (Wildman–Crippen MR) is 99.3 cm³/mol. The molecule has 1 heterocycles. The molecule has 26 heavy (non-hydrogen) atoms. The van der Waals surface area contributed by atoms with Crippen molar-refractivity contribution < 1.29 is 19.4 Å². The van der Waals surface area contributed by atoms with Gasteiger partial charge in [0.05, 0.1) is 19.8 Å². The second-order valence-corrected chi connectivity index (χ2v) is 6.49. The summed E-state index contributed by atoms with van der Waals surface area (Å²) in [7, 11) is 0. The lowest BCUT2D eigenvalue weighted by molar-refractivity contribution is -0.142. The number of benzene rings is 3. The number of hydrogen-bond acceptors (Lipinski definition) is 4. The van der Waals surface area contributed by atoms with Crippen molar-refractivity contribution in [3.8, 4) is 11.1 Å². The highest BCUT2D eigenvalue weighted by molar-refractivity contribution is 6.01. The fourth-order valence-corrected chi connectivity index (χ4v) is 3.66. The highest BCUT2D eigenvalue weighted by Crippen LogP contribution is 2.40. The van der Waals surface area contributed by atoms with Crippen LogP contribution in [-0.2, 0) is 40.7 Å². The van der Waals surface area contributed by atoms with Crippen molar-refractivity contribution in [3.05, 3.63) is 70.8 Å². The SMILES string of the molecule is CC(=O)OCc1cccc2c(-c3ccccc3CO)c3c(cc12)COC3. The van der Waals surface area contributed by atoms with E-state index in [4.69, 9.17) is 9.47 Å². The van der Waals surface area contributed by atoms with Crippen molar-refractivity contribution in [2.75, 3.05) is 0 Å². The minimum Gasteiger partial charge on any atom is -0.461 e. The summed E-state index contributed by atoms with van der Waals surface area (Å²) in [5.41, 5.74) is 6.30. The standard InChI is InChI=1S/C22H20O4/c1-14(24)26-12-16-6-4-8-19-20(16)9-17-11-25-13-21(17)22(19)18-7-3-2-5-15(18)10-23/h2-9,23H,10-13H2,1H3. The molecule has 0 aromatic heterocycles. The average Bonchev–Trinajstić information content (AvgIpc) is 3.12. The van der Waals surface area contributed by atoms with Crippen LogP contribution >= 0.6 is 0 Å². The lowest BCUT2D eigenvalue weighted by Gasteiger charge is -2.17. The first-order valence-electron chi connectivity index (χ1n) is 8.65. The Morgan fingerprint density at radius 2 is 1.88 bits per heavy atom. The van der Waals surface area contributed by atoms with Crippen LogP contribution in [0.25, 0.3) is 21.9 Å². The molecular formula is C22H20O4. The molecule has 4 nitrogen and oxygen atoms in total. The molecule has 1 aliphatic rings. The highest BCUT2D eigenvalue weighted by Gasteiger charge is 2.22. The molecule has 4 rings (SSSR count). The molecule has 0 amide bonds. The van der Waals surface area contributed by atoms with Crippen LogP contribution in [0.15, 0.2) is 48.5 Å². The molecular weight excluding hydrogens is 328 g/mol. The van der Waals surface area contributed by atoms with Gasteiger partial charge in [0.15, 0.2) is 0 Å². The summed E-state index contributed by atoms with van der Waals surface area (Å²) in [6, 6.07) is 16.1. The third-order valence-electron chi connectivity index (χ3n) is 4.87. The molecule has 0 radical (unpaired) electrons. The van der Waals surface area contributed by atoms with Gasteiger partial charge in [-0.25, -0.2) is 0 Å². The van der Waals surface area contributed by atoms with Gasteiger partial charge in [-0.2, -0.15) is 0 Å². The van der Waals surface area contributed by atoms with E-state index in [9.17, 15) is 9.90 Å². The van der Waals surface area contributed by atoms with Gasteiger partial charge in [-0.3, -0.25) is 4.79 Å². The number of aliphatic hydroxyl groups is 1. The molecule has 3 aromatic carbocycles. The van der Waals surface area contributed by atoms with Gasteiger partial charge in [0.25, 0.3) is 0 Å². The first kappa shape index (κ1) is 16.8. The number of carbonyl (C=O) groups excluding carboxylic acids is 1. The zero-order chi connectivity index (χ0) is 18.1. The van der Waals surface area contributed by atoms with E-state index in [1.807, 2.05) is 36.4 Å². The van der Waals surface area contributed by atoms with E-state index in [0.29, 0.717) is 13.2 Å². The molecule has 4 heteroatoms. The van der Waals surface area contributed by atoms with Crippen LogP contribution < -0.4 is 0 Å². The smallest absolute Gasteiger partial charge is 0.302 e. The van der Waals surface area contributed by atoms with Crippen molar-refractivity contribution in [3.63, 3.8) is 0 Å². The minimum atomic E-state index is -0.294. The summed E-state index contributed by atoms with van der Waals surface area (Å²) in [4.78, 5) is 11.2. The Kier molecular flexibility index (Phi) is 4.45. The Morgan fingerprint density at radius 1 is 1.08 bits per heavy atom. The van der Waals surface area contributed by atoms with Crippen molar-refractivity contribution in [2.45, 2.75) is 33.4 Å². The molecule has 0 aliphatic carbocycles. The maximum Gasteiger partial charge on any atom is 0.302 e. The van der Waals surface area contributed by atoms with Crippen LogP contribution in [0.2, 0.25) is 0 Å². The lowest BCUT2D eigenvalue weighted by Crippen LogP contribution is -2.01. The molecule has 0 saturated heterocycles. The van der Waals surface area contributed by atoms with E-state index in [0.717, 1.165) is 38.6 Å². The Balaban J connectivity index is 2.00. The number of carbonyl (C=O) groups is 1.